The van der Waals surface area contributed by atoms with Crippen molar-refractivity contribution in [1.29, 1.82) is 0 Å². The zero-order chi connectivity index (χ0) is 16.0. The average molecular weight is 331 g/mol. The van der Waals surface area contributed by atoms with Crippen molar-refractivity contribution >= 4 is 41.2 Å². The molecule has 1 rings (SSSR count). The van der Waals surface area contributed by atoms with E-state index in [1.165, 1.54) is 38.5 Å². The Kier molecular flexibility index (Phi) is 14.6. The van der Waals surface area contributed by atoms with Gasteiger partial charge in [0.05, 0.1) is 5.56 Å². The third-order valence-corrected chi connectivity index (χ3v) is 3.80. The molecule has 0 spiro atoms. The number of aliphatic hydroxyl groups is 1. The van der Waals surface area contributed by atoms with Gasteiger partial charge in [-0.1, -0.05) is 44.9 Å². The monoisotopic (exact) mass is 331 g/mol. The van der Waals surface area contributed by atoms with Crippen molar-refractivity contribution in [3.05, 3.63) is 29.8 Å². The van der Waals surface area contributed by atoms with Gasteiger partial charge < -0.3 is 15.5 Å². The third kappa shape index (κ3) is 11.6. The fraction of sp³-hybridized carbons (Fsp3) is 0.611. The van der Waals surface area contributed by atoms with Gasteiger partial charge in [-0.05, 0) is 37.1 Å². The molecule has 0 saturated carbocycles. The van der Waals surface area contributed by atoms with Crippen LogP contribution >= 0.6 is 0 Å². The van der Waals surface area contributed by atoms with E-state index in [4.69, 9.17) is 10.2 Å². The van der Waals surface area contributed by atoms with Crippen LogP contribution < -0.4 is 5.32 Å². The van der Waals surface area contributed by atoms with Crippen LogP contribution in [0.1, 0.15) is 68.1 Å². The van der Waals surface area contributed by atoms with E-state index in [9.17, 15) is 4.79 Å². The van der Waals surface area contributed by atoms with Crippen molar-refractivity contribution in [2.45, 2.75) is 57.8 Å². The molecule has 3 N–H and O–H groups in total. The molecule has 0 aromatic heterocycles. The van der Waals surface area contributed by atoms with Gasteiger partial charge in [-0.15, -0.1) is 0 Å². The quantitative estimate of drug-likeness (QED) is 0.381. The molecule has 1 aromatic carbocycles. The average Bonchev–Trinajstić information content (AvgIpc) is 2.53. The zero-order valence-corrected chi connectivity index (χ0v) is 13.4. The summed E-state index contributed by atoms with van der Waals surface area (Å²) in [5, 5.41) is 20.8. The topological polar surface area (TPSA) is 69.6 Å². The molecule has 0 unspecified atom stereocenters. The molecule has 23 heavy (non-hydrogen) atoms. The van der Waals surface area contributed by atoms with Gasteiger partial charge in [0, 0.05) is 18.8 Å². The molecule has 4 nitrogen and oxygen atoms in total. The van der Waals surface area contributed by atoms with Gasteiger partial charge in [0.1, 0.15) is 0 Å². The number of anilines is 1. The summed E-state index contributed by atoms with van der Waals surface area (Å²) in [6, 6.07) is 6.88. The summed E-state index contributed by atoms with van der Waals surface area (Å²) in [6.07, 6.45) is 10.9. The molecule has 0 aliphatic rings. The molecule has 0 fully saturated rings. The van der Waals surface area contributed by atoms with Crippen molar-refractivity contribution < 1.29 is 15.0 Å². The fourth-order valence-corrected chi connectivity index (χ4v) is 2.44. The van der Waals surface area contributed by atoms with E-state index in [0.717, 1.165) is 31.5 Å². The first-order chi connectivity index (χ1) is 10.7. The second-order valence-corrected chi connectivity index (χ2v) is 5.71. The van der Waals surface area contributed by atoms with Gasteiger partial charge in [0.2, 0.25) is 0 Å². The summed E-state index contributed by atoms with van der Waals surface area (Å²) in [7, 11) is 0. The Morgan fingerprint density at radius 3 is 1.78 bits per heavy atom. The molecular formula is C18H30NNaO3. The predicted molar refractivity (Wildman–Crippen MR) is 97.7 cm³/mol. The summed E-state index contributed by atoms with van der Waals surface area (Å²) >= 11 is 0. The number of benzene rings is 1. The number of carbonyl (C=O) groups is 1. The van der Waals surface area contributed by atoms with Gasteiger partial charge in [0.25, 0.3) is 0 Å². The number of hydrogen-bond donors (Lipinski definition) is 3. The summed E-state index contributed by atoms with van der Waals surface area (Å²) in [6.45, 7) is 1.26. The van der Waals surface area contributed by atoms with Crippen LogP contribution in [0.5, 0.6) is 0 Å². The molecule has 0 heterocycles. The molecule has 0 atom stereocenters. The third-order valence-electron chi connectivity index (χ3n) is 3.80. The maximum absolute atomic E-state index is 10.7. The Bertz CT molecular complexity index is 409. The second-order valence-electron chi connectivity index (χ2n) is 5.71. The van der Waals surface area contributed by atoms with E-state index in [0.29, 0.717) is 12.2 Å². The van der Waals surface area contributed by atoms with Crippen LogP contribution in [0, 0.1) is 0 Å². The van der Waals surface area contributed by atoms with Crippen molar-refractivity contribution in [1.82, 2.24) is 0 Å². The Balaban J connectivity index is 0.00000484. The van der Waals surface area contributed by atoms with Crippen molar-refractivity contribution in [3.8, 4) is 0 Å². The predicted octanol–water partition coefficient (Wildman–Crippen LogP) is 3.65. The van der Waals surface area contributed by atoms with Crippen LogP contribution in [-0.4, -0.2) is 58.9 Å². The Morgan fingerprint density at radius 1 is 0.826 bits per heavy atom. The Morgan fingerprint density at radius 2 is 1.30 bits per heavy atom. The van der Waals surface area contributed by atoms with E-state index in [2.05, 4.69) is 5.32 Å². The number of carboxylic acid groups (broad SMARTS) is 1. The minimum atomic E-state index is -0.886. The Hall–Kier alpha value is -0.550. The molecule has 0 aliphatic carbocycles. The minimum absolute atomic E-state index is 0. The van der Waals surface area contributed by atoms with E-state index >= 15 is 0 Å². The first-order valence-electron chi connectivity index (χ1n) is 8.42. The molecule has 0 aliphatic heterocycles. The van der Waals surface area contributed by atoms with Crippen molar-refractivity contribution in [3.63, 3.8) is 0 Å². The number of carboxylic acids is 1. The van der Waals surface area contributed by atoms with Crippen LogP contribution in [0.3, 0.4) is 0 Å². The van der Waals surface area contributed by atoms with E-state index < -0.39 is 5.97 Å². The number of nitrogens with one attached hydrogen (secondary N) is 1. The fourth-order valence-electron chi connectivity index (χ4n) is 2.44. The van der Waals surface area contributed by atoms with Gasteiger partial charge in [-0.2, -0.15) is 0 Å². The van der Waals surface area contributed by atoms with Gasteiger partial charge in [-0.25, -0.2) is 4.79 Å². The molecule has 0 saturated heterocycles. The summed E-state index contributed by atoms with van der Waals surface area (Å²) in [4.78, 5) is 10.7. The van der Waals surface area contributed by atoms with Crippen LogP contribution in [0.15, 0.2) is 24.3 Å². The first kappa shape index (κ1) is 22.4. The van der Waals surface area contributed by atoms with Crippen molar-refractivity contribution in [2.24, 2.45) is 0 Å². The number of aromatic carboxylic acids is 1. The molecule has 1 aromatic rings. The Labute approximate surface area is 162 Å². The number of aliphatic hydroxyl groups excluding tert-OH is 1. The molecule has 5 heteroatoms. The number of rotatable bonds is 13. The van der Waals surface area contributed by atoms with Crippen LogP contribution in [0.4, 0.5) is 5.69 Å². The van der Waals surface area contributed by atoms with Crippen molar-refractivity contribution in [2.75, 3.05) is 18.5 Å². The van der Waals surface area contributed by atoms with Crippen LogP contribution in [0.25, 0.3) is 0 Å². The number of hydrogen-bond acceptors (Lipinski definition) is 3. The van der Waals surface area contributed by atoms with Gasteiger partial charge in [0.15, 0.2) is 0 Å². The maximum atomic E-state index is 10.7. The van der Waals surface area contributed by atoms with Crippen LogP contribution in [0.2, 0.25) is 0 Å². The van der Waals surface area contributed by atoms with E-state index in [1.807, 2.05) is 12.1 Å². The van der Waals surface area contributed by atoms with E-state index in [1.54, 1.807) is 12.1 Å². The molecule has 0 radical (unpaired) electrons. The van der Waals surface area contributed by atoms with E-state index in [-0.39, 0.29) is 29.6 Å². The number of unbranched alkanes of at least 4 members (excludes halogenated alkanes) is 8. The molecular weight excluding hydrogens is 301 g/mol. The first-order valence-corrected chi connectivity index (χ1v) is 8.42. The van der Waals surface area contributed by atoms with Gasteiger partial charge >= 0.3 is 35.5 Å². The summed E-state index contributed by atoms with van der Waals surface area (Å²) < 4.78 is 0. The standard InChI is InChI=1S/C18H29NO3.Na.H/c20-15-9-7-5-3-1-2-4-6-8-14-19-17-12-10-16(11-13-17)18(21)22;;/h10-13,19-20H,1-9,14-15H2,(H,21,22);;. The second kappa shape index (κ2) is 15.0. The van der Waals surface area contributed by atoms with Crippen LogP contribution in [-0.2, 0) is 0 Å². The molecule has 0 amide bonds. The normalized spacial score (nSPS) is 10.1. The summed E-state index contributed by atoms with van der Waals surface area (Å²) in [5.74, 6) is -0.886. The summed E-state index contributed by atoms with van der Waals surface area (Å²) in [5.41, 5.74) is 1.30. The SMILES string of the molecule is O=C(O)c1ccc(NCCCCCCCCCCCO)cc1.[NaH]. The van der Waals surface area contributed by atoms with Gasteiger partial charge in [-0.3, -0.25) is 0 Å². The molecule has 0 bridgehead atoms. The zero-order valence-electron chi connectivity index (χ0n) is 13.4. The molecule has 126 valence electrons.